The van der Waals surface area contributed by atoms with Gasteiger partial charge in [-0.1, -0.05) is 23.2 Å². The van der Waals surface area contributed by atoms with E-state index in [0.717, 1.165) is 6.39 Å². The summed E-state index contributed by atoms with van der Waals surface area (Å²) in [6.45, 7) is 1.96. The third-order valence-electron chi connectivity index (χ3n) is 2.09. The normalized spacial score (nSPS) is 10.4. The summed E-state index contributed by atoms with van der Waals surface area (Å²) < 4.78 is 10.0. The van der Waals surface area contributed by atoms with Gasteiger partial charge >= 0.3 is 5.97 Å². The molecule has 0 atom stereocenters. The number of aromatic nitrogens is 2. The van der Waals surface area contributed by atoms with Crippen molar-refractivity contribution >= 4 is 29.2 Å². The van der Waals surface area contributed by atoms with Crippen molar-refractivity contribution in [3.8, 4) is 11.3 Å². The van der Waals surface area contributed by atoms with Crippen LogP contribution >= 0.6 is 23.2 Å². The number of pyridine rings is 1. The molecule has 0 radical (unpaired) electrons. The molecular weight excluding hydrogens is 279 g/mol. The molecular formula is C11H8Cl2N2O3. The Morgan fingerprint density at radius 2 is 2.22 bits per heavy atom. The number of ether oxygens (including phenoxy) is 1. The molecule has 0 N–H and O–H groups in total. The Morgan fingerprint density at radius 3 is 2.89 bits per heavy atom. The van der Waals surface area contributed by atoms with Gasteiger partial charge in [0.15, 0.2) is 17.8 Å². The predicted molar refractivity (Wildman–Crippen MR) is 65.7 cm³/mol. The van der Waals surface area contributed by atoms with E-state index < -0.39 is 5.97 Å². The highest BCUT2D eigenvalue weighted by Gasteiger charge is 2.20. The summed E-state index contributed by atoms with van der Waals surface area (Å²) >= 11 is 11.6. The molecule has 5 nitrogen and oxygen atoms in total. The lowest BCUT2D eigenvalue weighted by Crippen LogP contribution is -2.06. The summed E-state index contributed by atoms with van der Waals surface area (Å²) in [7, 11) is 0. The van der Waals surface area contributed by atoms with Crippen LogP contribution < -0.4 is 0 Å². The molecule has 0 unspecified atom stereocenters. The zero-order valence-corrected chi connectivity index (χ0v) is 10.8. The van der Waals surface area contributed by atoms with Crippen LogP contribution in [0.25, 0.3) is 11.3 Å². The van der Waals surface area contributed by atoms with Crippen LogP contribution in [0.1, 0.15) is 17.4 Å². The van der Waals surface area contributed by atoms with Crippen molar-refractivity contribution in [2.75, 3.05) is 6.61 Å². The summed E-state index contributed by atoms with van der Waals surface area (Å²) in [5.74, 6) is -0.313. The number of halogens is 2. The van der Waals surface area contributed by atoms with Gasteiger partial charge in [-0.25, -0.2) is 14.8 Å². The molecule has 0 bridgehead atoms. The van der Waals surface area contributed by atoms with Crippen LogP contribution in [0.4, 0.5) is 0 Å². The predicted octanol–water partition coefficient (Wildman–Crippen LogP) is 3.22. The smallest absolute Gasteiger partial charge is 0.360 e. The molecule has 0 aliphatic heterocycles. The monoisotopic (exact) mass is 286 g/mol. The molecule has 18 heavy (non-hydrogen) atoms. The largest absolute Gasteiger partial charge is 0.461 e. The topological polar surface area (TPSA) is 65.2 Å². The minimum absolute atomic E-state index is 0.0806. The van der Waals surface area contributed by atoms with Crippen molar-refractivity contribution in [2.45, 2.75) is 6.92 Å². The molecule has 2 rings (SSSR count). The number of carbonyl (C=O) groups excluding carboxylic acids is 1. The molecule has 94 valence electrons. The fourth-order valence-corrected chi connectivity index (χ4v) is 1.61. The second-order valence-electron chi connectivity index (χ2n) is 3.25. The van der Waals surface area contributed by atoms with E-state index >= 15 is 0 Å². The Morgan fingerprint density at radius 1 is 1.44 bits per heavy atom. The average Bonchev–Trinajstić information content (AvgIpc) is 2.82. The van der Waals surface area contributed by atoms with Gasteiger partial charge in [-0.15, -0.1) is 0 Å². The maximum atomic E-state index is 11.6. The standard InChI is InChI=1S/C11H8Cl2N2O3/c1-2-17-11(16)8-9(18-5-15-8)6-3-7(12)10(13)14-4-6/h3-5H,2H2,1H3. The highest BCUT2D eigenvalue weighted by Crippen LogP contribution is 2.28. The first-order valence-electron chi connectivity index (χ1n) is 5.05. The van der Waals surface area contributed by atoms with Gasteiger partial charge in [-0.2, -0.15) is 0 Å². The fourth-order valence-electron chi connectivity index (χ4n) is 1.34. The van der Waals surface area contributed by atoms with Crippen LogP contribution in [0.3, 0.4) is 0 Å². The fraction of sp³-hybridized carbons (Fsp3) is 0.182. The van der Waals surface area contributed by atoms with Gasteiger partial charge in [0.25, 0.3) is 0 Å². The lowest BCUT2D eigenvalue weighted by Gasteiger charge is -2.02. The molecule has 2 aromatic rings. The summed E-state index contributed by atoms with van der Waals surface area (Å²) in [6.07, 6.45) is 2.60. The van der Waals surface area contributed by atoms with Crippen molar-refractivity contribution in [3.63, 3.8) is 0 Å². The van der Waals surface area contributed by atoms with Crippen LogP contribution in [0.5, 0.6) is 0 Å². The lowest BCUT2D eigenvalue weighted by molar-refractivity contribution is 0.0520. The SMILES string of the molecule is CCOC(=O)c1ncoc1-c1cnc(Cl)c(Cl)c1. The number of carbonyl (C=O) groups is 1. The van der Waals surface area contributed by atoms with Gasteiger partial charge in [-0.3, -0.25) is 0 Å². The first kappa shape index (κ1) is 12.9. The maximum Gasteiger partial charge on any atom is 0.360 e. The van der Waals surface area contributed by atoms with E-state index in [0.29, 0.717) is 5.56 Å². The molecule has 2 heterocycles. The van der Waals surface area contributed by atoms with E-state index in [1.54, 1.807) is 13.0 Å². The molecule has 0 aliphatic rings. The molecule has 0 fully saturated rings. The van der Waals surface area contributed by atoms with Gasteiger partial charge in [-0.05, 0) is 13.0 Å². The van der Waals surface area contributed by atoms with Crippen LogP contribution in [-0.4, -0.2) is 22.5 Å². The zero-order chi connectivity index (χ0) is 13.1. The van der Waals surface area contributed by atoms with Crippen molar-refractivity contribution in [1.29, 1.82) is 0 Å². The molecule has 2 aromatic heterocycles. The van der Waals surface area contributed by atoms with Gasteiger partial charge < -0.3 is 9.15 Å². The van der Waals surface area contributed by atoms with Crippen LogP contribution in [0, 0.1) is 0 Å². The summed E-state index contributed by atoms with van der Waals surface area (Å²) in [5.41, 5.74) is 0.585. The third kappa shape index (κ3) is 2.47. The highest BCUT2D eigenvalue weighted by atomic mass is 35.5. The zero-order valence-electron chi connectivity index (χ0n) is 9.31. The van der Waals surface area contributed by atoms with Crippen molar-refractivity contribution in [2.24, 2.45) is 0 Å². The van der Waals surface area contributed by atoms with Crippen molar-refractivity contribution in [1.82, 2.24) is 9.97 Å². The van der Waals surface area contributed by atoms with E-state index in [2.05, 4.69) is 9.97 Å². The number of hydrogen-bond acceptors (Lipinski definition) is 5. The number of oxazole rings is 1. The minimum Gasteiger partial charge on any atom is -0.461 e. The van der Waals surface area contributed by atoms with E-state index in [1.165, 1.54) is 6.20 Å². The number of rotatable bonds is 3. The second kappa shape index (κ2) is 5.37. The summed E-state index contributed by atoms with van der Waals surface area (Å²) in [6, 6.07) is 1.54. The first-order chi connectivity index (χ1) is 8.63. The van der Waals surface area contributed by atoms with Gasteiger partial charge in [0, 0.05) is 11.8 Å². The molecule has 0 saturated carbocycles. The Balaban J connectivity index is 2.42. The van der Waals surface area contributed by atoms with Crippen LogP contribution in [-0.2, 0) is 4.74 Å². The number of esters is 1. The van der Waals surface area contributed by atoms with Crippen LogP contribution in [0.15, 0.2) is 23.1 Å². The van der Waals surface area contributed by atoms with E-state index in [9.17, 15) is 4.79 Å². The highest BCUT2D eigenvalue weighted by molar-refractivity contribution is 6.41. The Bertz CT molecular complexity index is 583. The second-order valence-corrected chi connectivity index (χ2v) is 4.01. The average molecular weight is 287 g/mol. The van der Waals surface area contributed by atoms with E-state index in [-0.39, 0.29) is 28.2 Å². The molecule has 7 heteroatoms. The Hall–Kier alpha value is -1.59. The first-order valence-corrected chi connectivity index (χ1v) is 5.81. The molecule has 0 aromatic carbocycles. The minimum atomic E-state index is -0.563. The van der Waals surface area contributed by atoms with E-state index in [1.807, 2.05) is 0 Å². The number of nitrogens with zero attached hydrogens (tertiary/aromatic N) is 2. The quantitative estimate of drug-likeness (QED) is 0.640. The van der Waals surface area contributed by atoms with Crippen molar-refractivity contribution < 1.29 is 13.9 Å². The van der Waals surface area contributed by atoms with Gasteiger partial charge in [0.1, 0.15) is 5.15 Å². The number of hydrogen-bond donors (Lipinski definition) is 0. The maximum absolute atomic E-state index is 11.6. The van der Waals surface area contributed by atoms with Crippen molar-refractivity contribution in [3.05, 3.63) is 34.5 Å². The molecule has 0 aliphatic carbocycles. The molecule has 0 spiro atoms. The van der Waals surface area contributed by atoms with Gasteiger partial charge in [0.2, 0.25) is 0 Å². The summed E-state index contributed by atoms with van der Waals surface area (Å²) in [5, 5.41) is 0.443. The van der Waals surface area contributed by atoms with Gasteiger partial charge in [0.05, 0.1) is 11.6 Å². The third-order valence-corrected chi connectivity index (χ3v) is 2.78. The lowest BCUT2D eigenvalue weighted by atomic mass is 10.2. The Labute approximate surface area is 113 Å². The van der Waals surface area contributed by atoms with E-state index in [4.69, 9.17) is 32.4 Å². The summed E-state index contributed by atoms with van der Waals surface area (Å²) in [4.78, 5) is 19.3. The Kier molecular flexibility index (Phi) is 3.84. The molecule has 0 amide bonds. The van der Waals surface area contributed by atoms with Crippen LogP contribution in [0.2, 0.25) is 10.2 Å². The molecule has 0 saturated heterocycles.